The molecule has 6 rings (SSSR count). The minimum absolute atomic E-state index is 0.176. The first-order valence-corrected chi connectivity index (χ1v) is 16.4. The van der Waals surface area contributed by atoms with E-state index >= 15 is 0 Å². The number of hydrogen-bond acceptors (Lipinski definition) is 5. The summed E-state index contributed by atoms with van der Waals surface area (Å²) >= 11 is 26.0. The summed E-state index contributed by atoms with van der Waals surface area (Å²) in [6, 6.07) is 17.2. The first-order valence-electron chi connectivity index (χ1n) is 12.5. The Labute approximate surface area is 294 Å². The summed E-state index contributed by atoms with van der Waals surface area (Å²) in [4.78, 5) is 38.0. The number of nitrogens with one attached hydrogen (secondary N) is 2. The SMILES string of the molecule is O=C(Oc1c(Br)cc(/C=C2\C(=O)Nc3ccc(Cl)cc32)cc1Br)Oc1c(Br)cc(/C=C2\C(=O)Nc3ccc(Cl)cc32)cc1Br. The molecule has 4 aromatic carbocycles. The molecule has 220 valence electrons. The van der Waals surface area contributed by atoms with Crippen molar-refractivity contribution in [2.45, 2.75) is 0 Å². The van der Waals surface area contributed by atoms with Gasteiger partial charge >= 0.3 is 6.16 Å². The molecular weight excluding hydrogens is 871 g/mol. The van der Waals surface area contributed by atoms with Gasteiger partial charge in [-0.1, -0.05) is 23.2 Å². The molecule has 0 bridgehead atoms. The standard InChI is InChI=1S/C31H14Br4Cl2N2O5/c32-21-7-13(5-19-17-11-15(36)1-3-25(17)38-29(19)40)8-22(33)27(21)43-31(42)44-28-23(34)9-14(10-24(28)35)6-20-18-12-16(37)2-4-26(18)39-30(20)41/h1-12H,(H,38,40)(H,39,41)/b19-5-,20-6-. The molecule has 2 aliphatic rings. The second-order valence-corrected chi connectivity index (χ2v) is 13.8. The largest absolute Gasteiger partial charge is 0.519 e. The van der Waals surface area contributed by atoms with Crippen molar-refractivity contribution < 1.29 is 23.9 Å². The molecule has 44 heavy (non-hydrogen) atoms. The lowest BCUT2D eigenvalue weighted by Gasteiger charge is -2.12. The van der Waals surface area contributed by atoms with Gasteiger partial charge in [-0.15, -0.1) is 0 Å². The van der Waals surface area contributed by atoms with E-state index in [-0.39, 0.29) is 23.3 Å². The molecule has 2 aliphatic heterocycles. The summed E-state index contributed by atoms with van der Waals surface area (Å²) in [5, 5.41) is 6.65. The van der Waals surface area contributed by atoms with Crippen LogP contribution in [-0.4, -0.2) is 18.0 Å². The van der Waals surface area contributed by atoms with Crippen LogP contribution in [0.15, 0.2) is 78.6 Å². The van der Waals surface area contributed by atoms with E-state index in [1.165, 1.54) is 0 Å². The molecule has 13 heteroatoms. The summed E-state index contributed by atoms with van der Waals surface area (Å²) in [6.45, 7) is 0. The molecule has 0 aliphatic carbocycles. The normalized spacial score (nSPS) is 15.2. The fraction of sp³-hybridized carbons (Fsp3) is 0. The van der Waals surface area contributed by atoms with Crippen molar-refractivity contribution in [3.63, 3.8) is 0 Å². The Kier molecular flexibility index (Phi) is 8.80. The van der Waals surface area contributed by atoms with E-state index in [4.69, 9.17) is 32.7 Å². The molecule has 0 aromatic heterocycles. The Morgan fingerprint density at radius 1 is 0.614 bits per heavy atom. The van der Waals surface area contributed by atoms with Crippen LogP contribution in [0, 0.1) is 0 Å². The number of hydrogen-bond donors (Lipinski definition) is 2. The van der Waals surface area contributed by atoms with Gasteiger partial charge < -0.3 is 20.1 Å². The second kappa shape index (κ2) is 12.5. The van der Waals surface area contributed by atoms with E-state index < -0.39 is 6.16 Å². The zero-order valence-electron chi connectivity index (χ0n) is 21.7. The molecule has 0 saturated heterocycles. The van der Waals surface area contributed by atoms with E-state index in [0.29, 0.717) is 72.7 Å². The van der Waals surface area contributed by atoms with E-state index in [9.17, 15) is 14.4 Å². The van der Waals surface area contributed by atoms with Gasteiger partial charge in [0.05, 0.1) is 17.9 Å². The van der Waals surface area contributed by atoms with Crippen LogP contribution in [0.2, 0.25) is 10.0 Å². The molecular formula is C31H14Br4Cl2N2O5. The van der Waals surface area contributed by atoms with Crippen LogP contribution in [0.1, 0.15) is 22.3 Å². The number of carbonyl (C=O) groups is 3. The number of amides is 2. The summed E-state index contributed by atoms with van der Waals surface area (Å²) in [5.41, 5.74) is 4.96. The average molecular weight is 885 g/mol. The minimum Gasteiger partial charge on any atom is -0.392 e. The fourth-order valence-corrected chi connectivity index (χ4v) is 7.76. The summed E-state index contributed by atoms with van der Waals surface area (Å²) in [5.74, 6) is -0.153. The molecule has 0 fully saturated rings. The van der Waals surface area contributed by atoms with Crippen LogP contribution in [0.4, 0.5) is 16.2 Å². The van der Waals surface area contributed by atoms with Gasteiger partial charge in [0, 0.05) is 43.7 Å². The Morgan fingerprint density at radius 3 is 1.34 bits per heavy atom. The van der Waals surface area contributed by atoms with E-state index in [1.807, 2.05) is 0 Å². The van der Waals surface area contributed by atoms with Crippen molar-refractivity contribution in [2.75, 3.05) is 10.6 Å². The van der Waals surface area contributed by atoms with Crippen LogP contribution in [-0.2, 0) is 9.59 Å². The summed E-state index contributed by atoms with van der Waals surface area (Å²) in [7, 11) is 0. The topological polar surface area (TPSA) is 93.7 Å². The lowest BCUT2D eigenvalue weighted by Crippen LogP contribution is -2.15. The highest BCUT2D eigenvalue weighted by Gasteiger charge is 2.26. The van der Waals surface area contributed by atoms with Crippen molar-refractivity contribution in [3.8, 4) is 11.5 Å². The van der Waals surface area contributed by atoms with Crippen molar-refractivity contribution in [2.24, 2.45) is 0 Å². The van der Waals surface area contributed by atoms with Gasteiger partial charge in [0.1, 0.15) is 0 Å². The first kappa shape index (κ1) is 31.1. The molecule has 4 aromatic rings. The van der Waals surface area contributed by atoms with E-state index in [1.54, 1.807) is 72.8 Å². The van der Waals surface area contributed by atoms with Gasteiger partial charge in [0.2, 0.25) is 0 Å². The average Bonchev–Trinajstić information content (AvgIpc) is 3.42. The zero-order chi connectivity index (χ0) is 31.3. The molecule has 7 nitrogen and oxygen atoms in total. The van der Waals surface area contributed by atoms with Crippen molar-refractivity contribution in [1.82, 2.24) is 0 Å². The predicted molar refractivity (Wildman–Crippen MR) is 186 cm³/mol. The number of carbonyl (C=O) groups excluding carboxylic acids is 3. The van der Waals surface area contributed by atoms with Gasteiger partial charge in [-0.3, -0.25) is 9.59 Å². The molecule has 0 spiro atoms. The number of anilines is 2. The smallest absolute Gasteiger partial charge is 0.392 e. The second-order valence-electron chi connectivity index (χ2n) is 9.49. The maximum Gasteiger partial charge on any atom is 0.519 e. The number of benzene rings is 4. The lowest BCUT2D eigenvalue weighted by atomic mass is 10.0. The maximum atomic E-state index is 12.9. The predicted octanol–water partition coefficient (Wildman–Crippen LogP) is 10.6. The molecule has 2 amide bonds. The van der Waals surface area contributed by atoms with E-state index in [2.05, 4.69) is 74.4 Å². The third-order valence-electron chi connectivity index (χ3n) is 6.56. The number of halogens is 6. The van der Waals surface area contributed by atoms with Gasteiger partial charge in [-0.25, -0.2) is 4.79 Å². The van der Waals surface area contributed by atoms with Crippen molar-refractivity contribution in [1.29, 1.82) is 0 Å². The number of fused-ring (bicyclic) bond motifs is 2. The maximum absolute atomic E-state index is 12.9. The van der Waals surface area contributed by atoms with Gasteiger partial charge in [0.25, 0.3) is 11.8 Å². The van der Waals surface area contributed by atoms with Crippen LogP contribution in [0.5, 0.6) is 11.5 Å². The number of rotatable bonds is 4. The summed E-state index contributed by atoms with van der Waals surface area (Å²) < 4.78 is 12.8. The minimum atomic E-state index is -0.998. The first-order chi connectivity index (χ1) is 21.0. The molecule has 0 radical (unpaired) electrons. The van der Waals surface area contributed by atoms with Crippen molar-refractivity contribution >= 4 is 140 Å². The molecule has 0 saturated carbocycles. The molecule has 2 heterocycles. The Bertz CT molecular complexity index is 1820. The molecule has 2 N–H and O–H groups in total. The highest BCUT2D eigenvalue weighted by atomic mass is 79.9. The fourth-order valence-electron chi connectivity index (χ4n) is 4.65. The molecule has 0 unspecified atom stereocenters. The van der Waals surface area contributed by atoms with Crippen LogP contribution < -0.4 is 20.1 Å². The van der Waals surface area contributed by atoms with Crippen molar-refractivity contribution in [3.05, 3.63) is 111 Å². The Balaban J connectivity index is 1.21. The number of ether oxygens (including phenoxy) is 2. The van der Waals surface area contributed by atoms with Crippen LogP contribution in [0.3, 0.4) is 0 Å². The summed E-state index contributed by atoms with van der Waals surface area (Å²) in [6.07, 6.45) is 2.42. The zero-order valence-corrected chi connectivity index (χ0v) is 29.6. The van der Waals surface area contributed by atoms with E-state index in [0.717, 1.165) is 0 Å². The highest BCUT2D eigenvalue weighted by Crippen LogP contribution is 2.41. The van der Waals surface area contributed by atoms with Gasteiger partial charge in [-0.05, 0) is 148 Å². The lowest BCUT2D eigenvalue weighted by molar-refractivity contribution is -0.111. The van der Waals surface area contributed by atoms with Crippen LogP contribution in [0.25, 0.3) is 23.3 Å². The highest BCUT2D eigenvalue weighted by molar-refractivity contribution is 9.11. The van der Waals surface area contributed by atoms with Gasteiger partial charge in [-0.2, -0.15) is 0 Å². The van der Waals surface area contributed by atoms with Gasteiger partial charge in [0.15, 0.2) is 11.5 Å². The third kappa shape index (κ3) is 6.27. The Morgan fingerprint density at radius 2 is 0.977 bits per heavy atom. The monoisotopic (exact) mass is 880 g/mol. The third-order valence-corrected chi connectivity index (χ3v) is 9.39. The Hall–Kier alpha value is -2.93. The van der Waals surface area contributed by atoms with Crippen LogP contribution >= 0.6 is 86.9 Å². The molecule has 0 atom stereocenters. The quantitative estimate of drug-likeness (QED) is 0.121.